The first-order chi connectivity index (χ1) is 8.25. The summed E-state index contributed by atoms with van der Waals surface area (Å²) in [6, 6.07) is 7.70. The van der Waals surface area contributed by atoms with Crippen molar-refractivity contribution < 1.29 is 9.53 Å². The molecule has 0 aliphatic carbocycles. The van der Waals surface area contributed by atoms with Crippen molar-refractivity contribution >= 4 is 11.6 Å². The third-order valence-electron chi connectivity index (χ3n) is 3.06. The molecule has 0 saturated heterocycles. The van der Waals surface area contributed by atoms with Crippen molar-refractivity contribution in [3.05, 3.63) is 29.8 Å². The molecule has 1 aliphatic rings. The molecule has 1 heterocycles. The maximum atomic E-state index is 12.1. The summed E-state index contributed by atoms with van der Waals surface area (Å²) in [6.07, 6.45) is 0.909. The Kier molecular flexibility index (Phi) is 3.76. The minimum Gasteiger partial charge on any atom is -0.385 e. The van der Waals surface area contributed by atoms with Gasteiger partial charge in [0.1, 0.15) is 6.04 Å². The largest absolute Gasteiger partial charge is 0.385 e. The summed E-state index contributed by atoms with van der Waals surface area (Å²) < 4.78 is 4.99. The SMILES string of the molecule is COCCCNC1C(=O)N(C)c2ccccc21. The van der Waals surface area contributed by atoms with Crippen molar-refractivity contribution in [2.24, 2.45) is 0 Å². The zero-order valence-corrected chi connectivity index (χ0v) is 10.3. The minimum atomic E-state index is -0.201. The van der Waals surface area contributed by atoms with Gasteiger partial charge < -0.3 is 15.0 Å². The smallest absolute Gasteiger partial charge is 0.248 e. The zero-order valence-electron chi connectivity index (χ0n) is 10.3. The number of carbonyl (C=O) groups excluding carboxylic acids is 1. The first-order valence-corrected chi connectivity index (χ1v) is 5.84. The highest BCUT2D eigenvalue weighted by molar-refractivity contribution is 6.04. The summed E-state index contributed by atoms with van der Waals surface area (Å²) in [5.41, 5.74) is 2.07. The van der Waals surface area contributed by atoms with Crippen molar-refractivity contribution in [2.75, 3.05) is 32.2 Å². The number of hydrogen-bond donors (Lipinski definition) is 1. The molecule has 1 aliphatic heterocycles. The topological polar surface area (TPSA) is 41.6 Å². The number of fused-ring (bicyclic) bond motifs is 1. The van der Waals surface area contributed by atoms with E-state index in [0.29, 0.717) is 6.61 Å². The molecule has 92 valence electrons. The van der Waals surface area contributed by atoms with E-state index in [2.05, 4.69) is 5.32 Å². The fourth-order valence-electron chi connectivity index (χ4n) is 2.14. The monoisotopic (exact) mass is 234 g/mol. The summed E-state index contributed by atoms with van der Waals surface area (Å²) in [5.74, 6) is 0.114. The Hall–Kier alpha value is -1.39. The second-order valence-corrected chi connectivity index (χ2v) is 4.19. The number of likely N-dealkylation sites (N-methyl/N-ethyl adjacent to an activating group) is 1. The second kappa shape index (κ2) is 5.29. The number of benzene rings is 1. The molecule has 0 saturated carbocycles. The van der Waals surface area contributed by atoms with E-state index in [9.17, 15) is 4.79 Å². The van der Waals surface area contributed by atoms with Crippen LogP contribution in [0.15, 0.2) is 24.3 Å². The van der Waals surface area contributed by atoms with E-state index in [1.807, 2.05) is 31.3 Å². The molecule has 0 radical (unpaired) electrons. The summed E-state index contributed by atoms with van der Waals surface area (Å²) in [7, 11) is 3.50. The Morgan fingerprint density at radius 3 is 2.94 bits per heavy atom. The summed E-state index contributed by atoms with van der Waals surface area (Å²) in [6.45, 7) is 1.50. The molecule has 0 spiro atoms. The van der Waals surface area contributed by atoms with Gasteiger partial charge in [0.15, 0.2) is 0 Å². The molecule has 1 aromatic carbocycles. The lowest BCUT2D eigenvalue weighted by Crippen LogP contribution is -2.33. The van der Waals surface area contributed by atoms with Gasteiger partial charge in [-0.05, 0) is 19.0 Å². The molecule has 2 rings (SSSR count). The van der Waals surface area contributed by atoms with E-state index < -0.39 is 0 Å². The van der Waals surface area contributed by atoms with Gasteiger partial charge in [-0.25, -0.2) is 0 Å². The average Bonchev–Trinajstić information content (AvgIpc) is 2.60. The number of hydrogen-bond acceptors (Lipinski definition) is 3. The van der Waals surface area contributed by atoms with Gasteiger partial charge in [-0.2, -0.15) is 0 Å². The van der Waals surface area contributed by atoms with Gasteiger partial charge in [-0.15, -0.1) is 0 Å². The molecular formula is C13H18N2O2. The normalized spacial score (nSPS) is 18.6. The molecule has 0 aromatic heterocycles. The number of amides is 1. The van der Waals surface area contributed by atoms with E-state index in [1.54, 1.807) is 12.0 Å². The number of methoxy groups -OCH3 is 1. The number of anilines is 1. The molecule has 4 nitrogen and oxygen atoms in total. The highest BCUT2D eigenvalue weighted by Gasteiger charge is 2.33. The van der Waals surface area contributed by atoms with Crippen molar-refractivity contribution in [3.63, 3.8) is 0 Å². The maximum absolute atomic E-state index is 12.1. The standard InChI is InChI=1S/C13H18N2O2/c1-15-11-7-4-3-6-10(11)12(13(15)16)14-8-5-9-17-2/h3-4,6-7,12,14H,5,8-9H2,1-2H3. The molecule has 1 amide bonds. The summed E-state index contributed by atoms with van der Waals surface area (Å²) in [4.78, 5) is 13.8. The number of nitrogens with zero attached hydrogens (tertiary/aromatic N) is 1. The molecule has 1 aromatic rings. The van der Waals surface area contributed by atoms with Gasteiger partial charge in [-0.3, -0.25) is 4.79 Å². The Morgan fingerprint density at radius 2 is 2.18 bits per heavy atom. The van der Waals surface area contributed by atoms with Crippen LogP contribution in [0.2, 0.25) is 0 Å². The molecule has 1 atom stereocenters. The van der Waals surface area contributed by atoms with Crippen LogP contribution in [-0.4, -0.2) is 33.2 Å². The van der Waals surface area contributed by atoms with Gasteiger partial charge in [-0.1, -0.05) is 18.2 Å². The third kappa shape index (κ3) is 2.33. The van der Waals surface area contributed by atoms with Gasteiger partial charge in [0, 0.05) is 32.0 Å². The third-order valence-corrected chi connectivity index (χ3v) is 3.06. The van der Waals surface area contributed by atoms with Gasteiger partial charge in [0.2, 0.25) is 5.91 Å². The van der Waals surface area contributed by atoms with Crippen molar-refractivity contribution in [1.82, 2.24) is 5.32 Å². The number of ether oxygens (including phenoxy) is 1. The summed E-state index contributed by atoms with van der Waals surface area (Å²) >= 11 is 0. The lowest BCUT2D eigenvalue weighted by molar-refractivity contribution is -0.119. The van der Waals surface area contributed by atoms with Crippen LogP contribution in [0.5, 0.6) is 0 Å². The van der Waals surface area contributed by atoms with E-state index >= 15 is 0 Å². The van der Waals surface area contributed by atoms with E-state index in [0.717, 1.165) is 24.2 Å². The molecule has 4 heteroatoms. The molecular weight excluding hydrogens is 216 g/mol. The van der Waals surface area contributed by atoms with Crippen molar-refractivity contribution in [2.45, 2.75) is 12.5 Å². The van der Waals surface area contributed by atoms with Crippen molar-refractivity contribution in [1.29, 1.82) is 0 Å². The predicted octanol–water partition coefficient (Wildman–Crippen LogP) is 1.33. The number of carbonyl (C=O) groups is 1. The number of para-hydroxylation sites is 1. The van der Waals surface area contributed by atoms with Gasteiger partial charge >= 0.3 is 0 Å². The predicted molar refractivity (Wildman–Crippen MR) is 67.1 cm³/mol. The summed E-state index contributed by atoms with van der Waals surface area (Å²) in [5, 5.41) is 3.28. The average molecular weight is 234 g/mol. The number of rotatable bonds is 5. The van der Waals surface area contributed by atoms with Crippen molar-refractivity contribution in [3.8, 4) is 0 Å². The van der Waals surface area contributed by atoms with Crippen LogP contribution < -0.4 is 10.2 Å². The Morgan fingerprint density at radius 1 is 1.41 bits per heavy atom. The maximum Gasteiger partial charge on any atom is 0.248 e. The first kappa shape index (κ1) is 12.1. The highest BCUT2D eigenvalue weighted by atomic mass is 16.5. The molecule has 0 bridgehead atoms. The Balaban J connectivity index is 2.05. The fourth-order valence-corrected chi connectivity index (χ4v) is 2.14. The van der Waals surface area contributed by atoms with Crippen LogP contribution in [0.3, 0.4) is 0 Å². The van der Waals surface area contributed by atoms with Crippen LogP contribution in [0.25, 0.3) is 0 Å². The Labute approximate surface area is 102 Å². The first-order valence-electron chi connectivity index (χ1n) is 5.84. The van der Waals surface area contributed by atoms with Crippen LogP contribution in [0, 0.1) is 0 Å². The second-order valence-electron chi connectivity index (χ2n) is 4.19. The fraction of sp³-hybridized carbons (Fsp3) is 0.462. The lowest BCUT2D eigenvalue weighted by Gasteiger charge is -2.12. The van der Waals surface area contributed by atoms with Crippen LogP contribution in [0.1, 0.15) is 18.0 Å². The minimum absolute atomic E-state index is 0.114. The number of nitrogens with one attached hydrogen (secondary N) is 1. The lowest BCUT2D eigenvalue weighted by atomic mass is 10.1. The van der Waals surface area contributed by atoms with Crippen LogP contribution in [-0.2, 0) is 9.53 Å². The van der Waals surface area contributed by atoms with E-state index in [-0.39, 0.29) is 11.9 Å². The molecule has 17 heavy (non-hydrogen) atoms. The molecule has 1 unspecified atom stereocenters. The van der Waals surface area contributed by atoms with Gasteiger partial charge in [0.25, 0.3) is 0 Å². The van der Waals surface area contributed by atoms with Gasteiger partial charge in [0.05, 0.1) is 0 Å². The quantitative estimate of drug-likeness (QED) is 0.781. The van der Waals surface area contributed by atoms with E-state index in [4.69, 9.17) is 4.74 Å². The Bertz CT molecular complexity index is 406. The highest BCUT2D eigenvalue weighted by Crippen LogP contribution is 2.34. The van der Waals surface area contributed by atoms with Crippen LogP contribution >= 0.6 is 0 Å². The molecule has 0 fully saturated rings. The van der Waals surface area contributed by atoms with E-state index in [1.165, 1.54) is 0 Å². The molecule has 1 N–H and O–H groups in total. The zero-order chi connectivity index (χ0) is 12.3. The van der Waals surface area contributed by atoms with Crippen LogP contribution in [0.4, 0.5) is 5.69 Å².